The number of aromatic nitrogens is 1. The monoisotopic (exact) mass is 437 g/mol. The minimum atomic E-state index is -1.94. The van der Waals surface area contributed by atoms with Crippen LogP contribution in [0.5, 0.6) is 0 Å². The van der Waals surface area contributed by atoms with Crippen LogP contribution in [-0.2, 0) is 6.16 Å². The van der Waals surface area contributed by atoms with Crippen molar-refractivity contribution in [2.75, 3.05) is 0 Å². The Morgan fingerprint density at radius 3 is 1.45 bits per heavy atom. The summed E-state index contributed by atoms with van der Waals surface area (Å²) >= 11 is 6.60. The molecule has 4 aromatic rings. The second-order valence-corrected chi connectivity index (χ2v) is 10.7. The first-order valence-corrected chi connectivity index (χ1v) is 11.7. The van der Waals surface area contributed by atoms with E-state index in [9.17, 15) is 0 Å². The lowest BCUT2D eigenvalue weighted by Crippen LogP contribution is -3.00. The van der Waals surface area contributed by atoms with E-state index in [4.69, 9.17) is 11.6 Å². The van der Waals surface area contributed by atoms with Gasteiger partial charge in [0.15, 0.2) is 0 Å². The van der Waals surface area contributed by atoms with Gasteiger partial charge in [0.1, 0.15) is 34.5 Å². The summed E-state index contributed by atoms with van der Waals surface area (Å²) in [6.45, 7) is 1.98. The molecule has 0 bridgehead atoms. The van der Waals surface area contributed by atoms with Gasteiger partial charge in [0.25, 0.3) is 0 Å². The molecular formula is C25H22Cl2NP. The molecule has 29 heavy (non-hydrogen) atoms. The molecule has 0 N–H and O–H groups in total. The van der Waals surface area contributed by atoms with Gasteiger partial charge in [0.2, 0.25) is 0 Å². The van der Waals surface area contributed by atoms with Crippen LogP contribution in [0.3, 0.4) is 0 Å². The van der Waals surface area contributed by atoms with Crippen LogP contribution >= 0.6 is 18.9 Å². The van der Waals surface area contributed by atoms with Crippen molar-refractivity contribution in [2.24, 2.45) is 0 Å². The van der Waals surface area contributed by atoms with E-state index in [-0.39, 0.29) is 12.4 Å². The lowest BCUT2D eigenvalue weighted by Gasteiger charge is -2.28. The van der Waals surface area contributed by atoms with Gasteiger partial charge < -0.3 is 12.4 Å². The number of hydrogen-bond acceptors (Lipinski definition) is 1. The smallest absolute Gasteiger partial charge is 0.136 e. The molecular weight excluding hydrogens is 416 g/mol. The van der Waals surface area contributed by atoms with Crippen molar-refractivity contribution >= 4 is 34.8 Å². The Morgan fingerprint density at radius 2 is 1.07 bits per heavy atom. The molecule has 0 fully saturated rings. The van der Waals surface area contributed by atoms with E-state index in [1.54, 1.807) is 0 Å². The molecule has 0 radical (unpaired) electrons. The second kappa shape index (κ2) is 9.55. The third-order valence-electron chi connectivity index (χ3n) is 5.06. The third-order valence-corrected chi connectivity index (χ3v) is 9.74. The average Bonchev–Trinajstić information content (AvgIpc) is 2.75. The predicted octanol–water partition coefficient (Wildman–Crippen LogP) is 2.54. The van der Waals surface area contributed by atoms with Crippen molar-refractivity contribution in [1.82, 2.24) is 4.98 Å². The maximum Gasteiger partial charge on any atom is 0.136 e. The molecule has 0 saturated heterocycles. The summed E-state index contributed by atoms with van der Waals surface area (Å²) in [6, 6.07) is 36.7. The fraction of sp³-hybridized carbons (Fsp3) is 0.0800. The molecule has 0 aliphatic carbocycles. The largest absolute Gasteiger partial charge is 1.00 e. The zero-order valence-corrected chi connectivity index (χ0v) is 18.6. The second-order valence-electron chi connectivity index (χ2n) is 6.88. The number of hydrogen-bond donors (Lipinski definition) is 0. The summed E-state index contributed by atoms with van der Waals surface area (Å²) in [4.78, 5) is 4.52. The Morgan fingerprint density at radius 1 is 0.655 bits per heavy atom. The molecule has 0 unspecified atom stereocenters. The highest BCUT2D eigenvalue weighted by atomic mass is 35.5. The molecule has 0 amide bonds. The first-order chi connectivity index (χ1) is 13.7. The Labute approximate surface area is 184 Å². The Kier molecular flexibility index (Phi) is 7.09. The van der Waals surface area contributed by atoms with Crippen molar-refractivity contribution in [3.8, 4) is 0 Å². The van der Waals surface area contributed by atoms with Crippen molar-refractivity contribution in [2.45, 2.75) is 13.1 Å². The highest BCUT2D eigenvalue weighted by molar-refractivity contribution is 7.95. The van der Waals surface area contributed by atoms with Gasteiger partial charge >= 0.3 is 0 Å². The van der Waals surface area contributed by atoms with Crippen LogP contribution in [0.25, 0.3) is 0 Å². The van der Waals surface area contributed by atoms with Gasteiger partial charge in [-0.15, -0.1) is 0 Å². The highest BCUT2D eigenvalue weighted by Crippen LogP contribution is 2.58. The minimum Gasteiger partial charge on any atom is -1.00 e. The normalized spacial score (nSPS) is 11.0. The molecule has 0 saturated carbocycles. The van der Waals surface area contributed by atoms with Crippen LogP contribution in [0.1, 0.15) is 11.3 Å². The lowest BCUT2D eigenvalue weighted by molar-refractivity contribution is -0.00000553. The lowest BCUT2D eigenvalue weighted by atomic mass is 10.3. The maximum atomic E-state index is 6.60. The summed E-state index contributed by atoms with van der Waals surface area (Å²) in [5.41, 5.74) is 2.04. The fourth-order valence-electron chi connectivity index (χ4n) is 3.70. The molecule has 0 spiro atoms. The summed E-state index contributed by atoms with van der Waals surface area (Å²) in [5.74, 6) is 0. The maximum absolute atomic E-state index is 6.60. The summed E-state index contributed by atoms with van der Waals surface area (Å²) in [7, 11) is -1.94. The molecule has 0 atom stereocenters. The number of nitrogens with zero attached hydrogens (tertiary/aromatic N) is 1. The number of rotatable bonds is 5. The van der Waals surface area contributed by atoms with Crippen molar-refractivity contribution in [1.29, 1.82) is 0 Å². The molecule has 4 heteroatoms. The van der Waals surface area contributed by atoms with E-state index in [2.05, 4.69) is 108 Å². The molecule has 0 aliphatic rings. The molecule has 0 aliphatic heterocycles. The summed E-state index contributed by atoms with van der Waals surface area (Å²) in [5, 5.41) is 4.66. The molecule has 1 aromatic heterocycles. The first kappa shape index (κ1) is 21.5. The van der Waals surface area contributed by atoms with Crippen LogP contribution in [0, 0.1) is 6.92 Å². The first-order valence-electron chi connectivity index (χ1n) is 9.37. The van der Waals surface area contributed by atoms with E-state index in [1.165, 1.54) is 15.9 Å². The Bertz CT molecular complexity index is 957. The third kappa shape index (κ3) is 4.38. The van der Waals surface area contributed by atoms with Crippen LogP contribution in [-0.4, -0.2) is 4.98 Å². The average molecular weight is 438 g/mol. The van der Waals surface area contributed by atoms with Crippen molar-refractivity contribution in [3.05, 3.63) is 120 Å². The number of pyridine rings is 1. The molecule has 146 valence electrons. The number of halogens is 2. The van der Waals surface area contributed by atoms with Gasteiger partial charge in [-0.05, 0) is 49.4 Å². The van der Waals surface area contributed by atoms with Crippen LogP contribution < -0.4 is 28.3 Å². The van der Waals surface area contributed by atoms with E-state index < -0.39 is 7.26 Å². The SMILES string of the molecule is Cc1ccc(C[P+](c2ccccc2)(c2ccccc2)c2ccccc2)c(Cl)n1.[Cl-]. The standard InChI is InChI=1S/C25H22ClNP.ClH/c1-20-17-18-21(25(26)27-20)19-28(22-11-5-2-6-12-22,23-13-7-3-8-14-23)24-15-9-4-10-16-24;/h2-18H,19H2,1H3;1H/q+1;/p-1. The minimum absolute atomic E-state index is 0. The molecule has 4 rings (SSSR count). The Balaban J connectivity index is 0.00000240. The summed E-state index contributed by atoms with van der Waals surface area (Å²) < 4.78 is 0. The molecule has 3 aromatic carbocycles. The van der Waals surface area contributed by atoms with E-state index in [1.807, 2.05) is 6.92 Å². The van der Waals surface area contributed by atoms with Gasteiger partial charge in [-0.25, -0.2) is 4.98 Å². The van der Waals surface area contributed by atoms with E-state index in [0.29, 0.717) is 5.15 Å². The highest BCUT2D eigenvalue weighted by Gasteiger charge is 2.45. The van der Waals surface area contributed by atoms with Crippen LogP contribution in [0.2, 0.25) is 5.15 Å². The van der Waals surface area contributed by atoms with E-state index >= 15 is 0 Å². The van der Waals surface area contributed by atoms with Crippen LogP contribution in [0.15, 0.2) is 103 Å². The predicted molar refractivity (Wildman–Crippen MR) is 123 cm³/mol. The summed E-state index contributed by atoms with van der Waals surface area (Å²) in [6.07, 6.45) is 0.844. The van der Waals surface area contributed by atoms with Gasteiger partial charge in [-0.1, -0.05) is 72.3 Å². The van der Waals surface area contributed by atoms with Crippen molar-refractivity contribution in [3.63, 3.8) is 0 Å². The van der Waals surface area contributed by atoms with E-state index in [0.717, 1.165) is 17.4 Å². The fourth-order valence-corrected chi connectivity index (χ4v) is 8.30. The number of aryl methyl sites for hydroxylation is 1. The van der Waals surface area contributed by atoms with Gasteiger partial charge in [0, 0.05) is 11.3 Å². The van der Waals surface area contributed by atoms with Gasteiger partial charge in [-0.2, -0.15) is 0 Å². The van der Waals surface area contributed by atoms with Crippen LogP contribution in [0.4, 0.5) is 0 Å². The zero-order chi connectivity index (χ0) is 19.4. The van der Waals surface area contributed by atoms with Gasteiger partial charge in [-0.3, -0.25) is 0 Å². The molecule has 1 nitrogen and oxygen atoms in total. The number of benzene rings is 3. The molecule has 1 heterocycles. The topological polar surface area (TPSA) is 12.9 Å². The zero-order valence-electron chi connectivity index (χ0n) is 16.2. The van der Waals surface area contributed by atoms with Crippen molar-refractivity contribution < 1.29 is 12.4 Å². The quantitative estimate of drug-likeness (QED) is 0.345. The van der Waals surface area contributed by atoms with Gasteiger partial charge in [0.05, 0.1) is 0 Å². The Hall–Kier alpha value is -2.18.